The molecule has 7 aliphatic rings. The van der Waals surface area contributed by atoms with Crippen LogP contribution in [-0.2, 0) is 59.1 Å². The minimum Gasteiger partial charge on any atom is -0.508 e. The average molecular weight is 1810 g/mol. The Morgan fingerprint density at radius 2 is 1.28 bits per heavy atom. The number of primary amides is 1. The first-order valence-corrected chi connectivity index (χ1v) is 41.3. The number of amides is 8. The number of aromatic hydroxyl groups is 3. The van der Waals surface area contributed by atoms with Crippen LogP contribution in [0.15, 0.2) is 158 Å². The first kappa shape index (κ1) is 90.8. The second kappa shape index (κ2) is 38.0. The molecule has 0 aliphatic carbocycles. The number of phenols is 3. The Hall–Kier alpha value is -12.4. The molecule has 127 heavy (non-hydrogen) atoms. The molecular formula is C88H89Cl3N12O24. The fourth-order valence-electron chi connectivity index (χ4n) is 15.8. The number of halogens is 3. The number of hydrogen-bond acceptors (Lipinski definition) is 27. The van der Waals surface area contributed by atoms with Crippen LogP contribution < -0.4 is 67.8 Å². The Morgan fingerprint density at radius 1 is 0.661 bits per heavy atom. The number of benzene rings is 8. The van der Waals surface area contributed by atoms with E-state index in [2.05, 4.69) is 57.8 Å². The molecule has 0 saturated carbocycles. The SMILES string of the molecule is CN[C@H](CC(C)C)C(=O)N[C@H]1C(=O)N[C@@H](CC(N)=O)C(=O)N[C@H]2C(=O)N[C@H]3C(=O)N[C@H](C(=O)N[C@H](C(=O)O)c4cc(O)cc(O)c4-c4cc3ccc4O)[C@H](O)c3ccc(c(Cl)c3)Oc3cc2cc(c3O[C@@H]2O[C@H](CNC(=O)c3cnc4ccccc4n3)[C@@H](O)[C@H](O)[C@H]2O[C@H]2C[C@](C)(NCc3ccc(-c4ccc(Cl)cc4)cc3)[C@H](O)[C@H](C)O2)Oc2ccc(cc2Cl)[C@H]1O. The van der Waals surface area contributed by atoms with Gasteiger partial charge in [-0.3, -0.25) is 43.3 Å². The van der Waals surface area contributed by atoms with Gasteiger partial charge in [0.1, 0.15) is 95.2 Å². The van der Waals surface area contributed by atoms with Gasteiger partial charge in [-0.1, -0.05) is 115 Å². The highest BCUT2D eigenvalue weighted by atomic mass is 35.5. The van der Waals surface area contributed by atoms with Gasteiger partial charge in [-0.2, -0.15) is 0 Å². The number of nitrogens with one attached hydrogen (secondary N) is 9. The topological polar surface area (TPSA) is 551 Å². The van der Waals surface area contributed by atoms with Crippen molar-refractivity contribution in [3.63, 3.8) is 0 Å². The lowest BCUT2D eigenvalue weighted by Gasteiger charge is -2.48. The van der Waals surface area contributed by atoms with Crippen molar-refractivity contribution >= 4 is 99.1 Å². The summed E-state index contributed by atoms with van der Waals surface area (Å²) in [5.74, 6) is -17.2. The molecule has 9 aromatic rings. The number of rotatable bonds is 19. The van der Waals surface area contributed by atoms with Crippen molar-refractivity contribution in [1.29, 1.82) is 0 Å². The molecule has 8 aromatic carbocycles. The van der Waals surface area contributed by atoms with Crippen molar-refractivity contribution in [2.24, 2.45) is 11.7 Å². The van der Waals surface area contributed by atoms with Crippen molar-refractivity contribution < 1.29 is 118 Å². The zero-order chi connectivity index (χ0) is 90.9. The Balaban J connectivity index is 0.950. The normalized spacial score (nSPS) is 25.7. The van der Waals surface area contributed by atoms with E-state index in [1.165, 1.54) is 25.4 Å². The van der Waals surface area contributed by atoms with E-state index in [1.807, 2.05) is 50.2 Å². The summed E-state index contributed by atoms with van der Waals surface area (Å²) in [6.45, 7) is 6.45. The predicted octanol–water partition coefficient (Wildman–Crippen LogP) is 5.64. The van der Waals surface area contributed by atoms with Gasteiger partial charge in [0.25, 0.3) is 5.91 Å². The van der Waals surface area contributed by atoms with Gasteiger partial charge in [0.15, 0.2) is 29.9 Å². The number of likely N-dealkylation sites (N-methyl/N-ethyl adjacent to an activating group) is 1. The number of carbonyl (C=O) groups is 9. The first-order chi connectivity index (χ1) is 60.5. The third kappa shape index (κ3) is 19.9. The van der Waals surface area contributed by atoms with E-state index in [1.54, 1.807) is 50.2 Å². The van der Waals surface area contributed by atoms with Gasteiger partial charge < -0.3 is 128 Å². The monoisotopic (exact) mass is 1800 g/mol. The lowest BCUT2D eigenvalue weighted by molar-refractivity contribution is -0.331. The van der Waals surface area contributed by atoms with Crippen LogP contribution in [0.4, 0.5) is 0 Å². The van der Waals surface area contributed by atoms with Crippen LogP contribution in [0.1, 0.15) is 121 Å². The van der Waals surface area contributed by atoms with Crippen molar-refractivity contribution in [2.45, 2.75) is 163 Å². The Labute approximate surface area is 738 Å². The maximum Gasteiger partial charge on any atom is 0.330 e. The number of aliphatic hydroxyl groups excluding tert-OH is 5. The zero-order valence-electron chi connectivity index (χ0n) is 68.2. The Morgan fingerprint density at radius 3 is 1.92 bits per heavy atom. The van der Waals surface area contributed by atoms with Gasteiger partial charge in [0.05, 0.1) is 51.9 Å². The lowest BCUT2D eigenvalue weighted by atomic mass is 9.84. The molecule has 18 atom stereocenters. The van der Waals surface area contributed by atoms with Crippen LogP contribution in [0.25, 0.3) is 33.3 Å². The number of aliphatic carboxylic acids is 1. The van der Waals surface area contributed by atoms with Gasteiger partial charge in [0, 0.05) is 52.8 Å². The molecule has 8 amide bonds. The summed E-state index contributed by atoms with van der Waals surface area (Å²) in [5.41, 5.74) is 4.79. The Bertz CT molecular complexity index is 5770. The van der Waals surface area contributed by atoms with Crippen molar-refractivity contribution in [3.05, 3.63) is 212 Å². The molecule has 20 N–H and O–H groups in total. The van der Waals surface area contributed by atoms with Crippen molar-refractivity contribution in [3.8, 4) is 68.2 Å². The first-order valence-electron chi connectivity index (χ1n) is 40.2. The quantitative estimate of drug-likeness (QED) is 0.0466. The van der Waals surface area contributed by atoms with E-state index in [0.29, 0.717) is 16.1 Å². The number of carboxylic acid groups (broad SMARTS) is 1. The van der Waals surface area contributed by atoms with Crippen molar-refractivity contribution in [1.82, 2.24) is 57.8 Å². The highest BCUT2D eigenvalue weighted by molar-refractivity contribution is 6.32. The number of nitrogens with zero attached hydrogens (tertiary/aromatic N) is 2. The molecular weight excluding hydrogens is 1720 g/mol. The molecule has 1 aromatic heterocycles. The number of para-hydroxylation sites is 2. The van der Waals surface area contributed by atoms with Gasteiger partial charge >= 0.3 is 5.97 Å². The number of carbonyl (C=O) groups excluding carboxylic acids is 8. The van der Waals surface area contributed by atoms with E-state index < -0.39 is 243 Å². The standard InChI is InChI=1S/C88H89Cl3N12O24/c1-37(2)24-54(93-5)80(114)102-70-72(108)43-17-22-59(50(90)26-43)123-61-28-45-29-62(76(61)127-87-77(75(111)74(110)63(125-87)36-95-79(113)56-35-94-52-8-6-7-9-53(52)97-56)126-65-33-88(4,78(112)38(3)122-65)96-34-39-10-12-40(13-11-39)41-14-19-46(89)20-15-41)124-60-23-18-44(27-51(60)91)73(109)71-85(119)101-69(86(120)121)49-30-47(104)31-58(106)66(49)48-25-42(16-21-57(48)105)67(82(116)103-71)100-83(117)68(45)99-81(115)55(32-64(92)107)98-84(70)118/h6-23,25-31,35,37-38,54-55,63,65,67-75,77-78,87,93,96,104-106,108-112H,24,32-34,36H2,1-5H3,(H2,92,107)(H,95,113)(H,98,118)(H,99,115)(H,100,117)(H,101,119)(H,102,114)(H,103,116)(H,120,121)/t38-,54+,55-,63+,65-,67+,68+,69-,70+,71-,72+,73+,74+,75-,77+,78+,87-,88-/m0/s1. The van der Waals surface area contributed by atoms with Gasteiger partial charge in [-0.25, -0.2) is 9.78 Å². The number of carboxylic acids is 1. The van der Waals surface area contributed by atoms with Crippen LogP contribution in [0, 0.1) is 5.92 Å². The van der Waals surface area contributed by atoms with Crippen LogP contribution in [-0.4, -0.2) is 202 Å². The molecule has 7 aliphatic heterocycles. The number of aromatic nitrogens is 2. The maximum absolute atomic E-state index is 16.4. The Kier molecular flexibility index (Phi) is 27.2. The van der Waals surface area contributed by atoms with E-state index in [9.17, 15) is 65.1 Å². The number of phenolic OH excluding ortho intramolecular Hbond substituents is 3. The lowest BCUT2D eigenvalue weighted by Crippen LogP contribution is -2.65. The summed E-state index contributed by atoms with van der Waals surface area (Å²) in [5, 5.41) is 131. The molecule has 36 nitrogen and oxygen atoms in total. The van der Waals surface area contributed by atoms with E-state index in [0.717, 1.165) is 83.4 Å². The van der Waals surface area contributed by atoms with Crippen LogP contribution in [0.3, 0.4) is 0 Å². The average Bonchev–Trinajstić information content (AvgIpc) is 0.764. The van der Waals surface area contributed by atoms with Crippen molar-refractivity contribution in [2.75, 3.05) is 13.6 Å². The molecule has 16 rings (SSSR count). The number of ether oxygens (including phenoxy) is 6. The molecule has 0 radical (unpaired) electrons. The summed E-state index contributed by atoms with van der Waals surface area (Å²) in [6, 6.07) is 20.7. The number of aliphatic hydroxyl groups is 5. The zero-order valence-corrected chi connectivity index (χ0v) is 70.5. The highest BCUT2D eigenvalue weighted by Crippen LogP contribution is 2.50. The van der Waals surface area contributed by atoms with E-state index in [4.69, 9.17) is 69.0 Å². The summed E-state index contributed by atoms with van der Waals surface area (Å²) in [6.07, 6.45) is -18.0. The van der Waals surface area contributed by atoms with Gasteiger partial charge in [0.2, 0.25) is 53.4 Å². The largest absolute Gasteiger partial charge is 0.508 e. The predicted molar refractivity (Wildman–Crippen MR) is 454 cm³/mol. The number of hydrogen-bond donors (Lipinski definition) is 19. The third-order valence-electron chi connectivity index (χ3n) is 22.5. The second-order valence-corrected chi connectivity index (χ2v) is 33.2. The molecule has 2 saturated heterocycles. The van der Waals surface area contributed by atoms with E-state index >= 15 is 24.0 Å². The number of fused-ring (bicyclic) bond motifs is 16. The van der Waals surface area contributed by atoms with Crippen LogP contribution in [0.2, 0.25) is 15.1 Å². The highest BCUT2D eigenvalue weighted by Gasteiger charge is 2.53. The molecule has 0 unspecified atom stereocenters. The molecule has 11 bridgehead atoms. The molecule has 0 spiro atoms. The third-order valence-corrected chi connectivity index (χ3v) is 23.4. The summed E-state index contributed by atoms with van der Waals surface area (Å²) in [7, 11) is 1.47. The summed E-state index contributed by atoms with van der Waals surface area (Å²) < 4.78 is 40.6. The molecule has 666 valence electrons. The summed E-state index contributed by atoms with van der Waals surface area (Å²) >= 11 is 20.7. The summed E-state index contributed by atoms with van der Waals surface area (Å²) in [4.78, 5) is 142. The fraction of sp³-hybridized carbons (Fsp3) is 0.330. The number of nitrogens with two attached hydrogens (primary N) is 1. The smallest absolute Gasteiger partial charge is 0.330 e. The van der Waals surface area contributed by atoms with Gasteiger partial charge in [-0.15, -0.1) is 0 Å². The minimum atomic E-state index is -2.40. The van der Waals surface area contributed by atoms with Crippen LogP contribution >= 0.6 is 34.8 Å². The fourth-order valence-corrected chi connectivity index (χ4v) is 16.3. The second-order valence-electron chi connectivity index (χ2n) is 32.0. The van der Waals surface area contributed by atoms with Crippen LogP contribution in [0.5, 0.6) is 46.0 Å². The minimum absolute atomic E-state index is 0.123. The molecule has 2 fully saturated rings. The molecule has 39 heteroatoms. The van der Waals surface area contributed by atoms with E-state index in [-0.39, 0.29) is 58.5 Å². The van der Waals surface area contributed by atoms with Gasteiger partial charge in [-0.05, 0) is 151 Å². The molecule has 8 heterocycles. The maximum atomic E-state index is 16.4.